The van der Waals surface area contributed by atoms with Gasteiger partial charge in [0.25, 0.3) is 0 Å². The van der Waals surface area contributed by atoms with Crippen LogP contribution < -0.4 is 5.73 Å². The van der Waals surface area contributed by atoms with Crippen LogP contribution in [0, 0.1) is 11.8 Å². The normalized spacial score (nSPS) is 23.6. The highest BCUT2D eigenvalue weighted by Gasteiger charge is 2.33. The van der Waals surface area contributed by atoms with Crippen molar-refractivity contribution in [3.05, 3.63) is 35.9 Å². The van der Waals surface area contributed by atoms with Crippen LogP contribution in [-0.4, -0.2) is 30.9 Å². The highest BCUT2D eigenvalue weighted by molar-refractivity contribution is 5.79. The minimum Gasteiger partial charge on any atom is -0.345 e. The van der Waals surface area contributed by atoms with Crippen LogP contribution in [0.1, 0.15) is 37.7 Å². The SMILES string of the molecule is CC(CN(C)C(=O)[C@@H]1CCC[C@@H]1CN)c1ccccc1. The van der Waals surface area contributed by atoms with Crippen molar-refractivity contribution in [3.63, 3.8) is 0 Å². The van der Waals surface area contributed by atoms with Crippen LogP contribution in [0.3, 0.4) is 0 Å². The van der Waals surface area contributed by atoms with Crippen molar-refractivity contribution < 1.29 is 4.79 Å². The Labute approximate surface area is 122 Å². The van der Waals surface area contributed by atoms with Gasteiger partial charge in [-0.2, -0.15) is 0 Å². The molecule has 1 aliphatic carbocycles. The van der Waals surface area contributed by atoms with Gasteiger partial charge in [0.05, 0.1) is 0 Å². The smallest absolute Gasteiger partial charge is 0.225 e. The summed E-state index contributed by atoms with van der Waals surface area (Å²) in [5.74, 6) is 1.17. The molecular formula is C17H26N2O. The van der Waals surface area contributed by atoms with Crippen molar-refractivity contribution in [1.82, 2.24) is 4.90 Å². The first-order valence-corrected chi connectivity index (χ1v) is 7.63. The Bertz CT molecular complexity index is 432. The van der Waals surface area contributed by atoms with E-state index in [1.165, 1.54) is 5.56 Å². The van der Waals surface area contributed by atoms with E-state index in [1.54, 1.807) is 0 Å². The maximum absolute atomic E-state index is 12.6. The number of hydrogen-bond acceptors (Lipinski definition) is 2. The van der Waals surface area contributed by atoms with Crippen LogP contribution in [0.5, 0.6) is 0 Å². The maximum atomic E-state index is 12.6. The molecule has 110 valence electrons. The molecule has 3 atom stereocenters. The van der Waals surface area contributed by atoms with E-state index in [1.807, 2.05) is 18.0 Å². The predicted octanol–water partition coefficient (Wildman–Crippen LogP) is 2.62. The average molecular weight is 274 g/mol. The van der Waals surface area contributed by atoms with Gasteiger partial charge >= 0.3 is 0 Å². The molecule has 1 amide bonds. The molecular weight excluding hydrogens is 248 g/mol. The largest absolute Gasteiger partial charge is 0.345 e. The van der Waals surface area contributed by atoms with Crippen molar-refractivity contribution in [3.8, 4) is 0 Å². The molecule has 1 aliphatic rings. The third-order valence-corrected chi connectivity index (χ3v) is 4.57. The van der Waals surface area contributed by atoms with Gasteiger partial charge in [-0.3, -0.25) is 4.79 Å². The molecule has 0 heterocycles. The summed E-state index contributed by atoms with van der Waals surface area (Å²) in [6.45, 7) is 3.59. The monoisotopic (exact) mass is 274 g/mol. The van der Waals surface area contributed by atoms with Crippen molar-refractivity contribution >= 4 is 5.91 Å². The number of nitrogens with zero attached hydrogens (tertiary/aromatic N) is 1. The van der Waals surface area contributed by atoms with Crippen LogP contribution in [0.25, 0.3) is 0 Å². The van der Waals surface area contributed by atoms with E-state index in [2.05, 4.69) is 31.2 Å². The summed E-state index contributed by atoms with van der Waals surface area (Å²) in [7, 11) is 1.92. The molecule has 0 aromatic heterocycles. The van der Waals surface area contributed by atoms with E-state index in [-0.39, 0.29) is 11.8 Å². The zero-order valence-corrected chi connectivity index (χ0v) is 12.6. The average Bonchev–Trinajstić information content (AvgIpc) is 2.95. The predicted molar refractivity (Wildman–Crippen MR) is 82.4 cm³/mol. The highest BCUT2D eigenvalue weighted by Crippen LogP contribution is 2.32. The Hall–Kier alpha value is -1.35. The minimum atomic E-state index is 0.146. The van der Waals surface area contributed by atoms with Crippen molar-refractivity contribution in [2.24, 2.45) is 17.6 Å². The van der Waals surface area contributed by atoms with Gasteiger partial charge in [0.2, 0.25) is 5.91 Å². The van der Waals surface area contributed by atoms with Gasteiger partial charge in [-0.15, -0.1) is 0 Å². The van der Waals surface area contributed by atoms with E-state index in [4.69, 9.17) is 5.73 Å². The van der Waals surface area contributed by atoms with E-state index in [0.29, 0.717) is 18.4 Å². The molecule has 2 N–H and O–H groups in total. The number of carbonyl (C=O) groups excluding carboxylic acids is 1. The Kier molecular flexibility index (Phi) is 5.18. The zero-order chi connectivity index (χ0) is 14.5. The number of nitrogens with two attached hydrogens (primary N) is 1. The quantitative estimate of drug-likeness (QED) is 0.897. The molecule has 0 aliphatic heterocycles. The van der Waals surface area contributed by atoms with Crippen LogP contribution >= 0.6 is 0 Å². The lowest BCUT2D eigenvalue weighted by atomic mass is 9.94. The Balaban J connectivity index is 1.94. The fourth-order valence-corrected chi connectivity index (χ4v) is 3.31. The minimum absolute atomic E-state index is 0.146. The van der Waals surface area contributed by atoms with Crippen molar-refractivity contribution in [2.45, 2.75) is 32.1 Å². The zero-order valence-electron chi connectivity index (χ0n) is 12.6. The van der Waals surface area contributed by atoms with Crippen molar-refractivity contribution in [1.29, 1.82) is 0 Å². The number of benzene rings is 1. The van der Waals surface area contributed by atoms with E-state index < -0.39 is 0 Å². The summed E-state index contributed by atoms with van der Waals surface area (Å²) in [5.41, 5.74) is 7.07. The highest BCUT2D eigenvalue weighted by atomic mass is 16.2. The third kappa shape index (κ3) is 3.40. The molecule has 0 saturated heterocycles. The molecule has 1 aromatic rings. The van der Waals surface area contributed by atoms with Crippen LogP contribution in [0.2, 0.25) is 0 Å². The third-order valence-electron chi connectivity index (χ3n) is 4.57. The molecule has 0 spiro atoms. The van der Waals surface area contributed by atoms with Gasteiger partial charge in [-0.1, -0.05) is 43.7 Å². The van der Waals surface area contributed by atoms with Crippen molar-refractivity contribution in [2.75, 3.05) is 20.1 Å². The number of carbonyl (C=O) groups is 1. The molecule has 1 fully saturated rings. The summed E-state index contributed by atoms with van der Waals surface area (Å²) < 4.78 is 0. The molecule has 2 rings (SSSR count). The summed E-state index contributed by atoms with van der Waals surface area (Å²) in [6, 6.07) is 10.4. The lowest BCUT2D eigenvalue weighted by Crippen LogP contribution is -2.38. The Morgan fingerprint density at radius 1 is 1.35 bits per heavy atom. The molecule has 0 radical (unpaired) electrons. The maximum Gasteiger partial charge on any atom is 0.225 e. The van der Waals surface area contributed by atoms with E-state index >= 15 is 0 Å². The molecule has 3 heteroatoms. The van der Waals surface area contributed by atoms with Crippen LogP contribution in [-0.2, 0) is 4.79 Å². The lowest BCUT2D eigenvalue weighted by molar-refractivity contribution is -0.135. The van der Waals surface area contributed by atoms with Gasteiger partial charge in [0.1, 0.15) is 0 Å². The summed E-state index contributed by atoms with van der Waals surface area (Å²) >= 11 is 0. The fraction of sp³-hybridized carbons (Fsp3) is 0.588. The first-order chi connectivity index (χ1) is 9.63. The summed E-state index contributed by atoms with van der Waals surface area (Å²) in [5, 5.41) is 0. The Morgan fingerprint density at radius 3 is 2.70 bits per heavy atom. The molecule has 1 saturated carbocycles. The number of likely N-dealkylation sites (N-methyl/N-ethyl adjacent to an activating group) is 1. The standard InChI is InChI=1S/C17H26N2O/c1-13(14-7-4-3-5-8-14)12-19(2)17(20)16-10-6-9-15(16)11-18/h3-5,7-8,13,15-16H,6,9-12,18H2,1-2H3/t13?,15-,16-/m1/s1. The molecule has 0 bridgehead atoms. The number of rotatable bonds is 5. The first kappa shape index (κ1) is 15.0. The van der Waals surface area contributed by atoms with Gasteiger partial charge in [0.15, 0.2) is 0 Å². The molecule has 3 nitrogen and oxygen atoms in total. The fourth-order valence-electron chi connectivity index (χ4n) is 3.31. The first-order valence-electron chi connectivity index (χ1n) is 7.63. The van der Waals surface area contributed by atoms with Gasteiger partial charge < -0.3 is 10.6 Å². The second kappa shape index (κ2) is 6.89. The Morgan fingerprint density at radius 2 is 2.05 bits per heavy atom. The molecule has 20 heavy (non-hydrogen) atoms. The summed E-state index contributed by atoms with van der Waals surface area (Å²) in [4.78, 5) is 14.5. The summed E-state index contributed by atoms with van der Waals surface area (Å²) in [6.07, 6.45) is 3.25. The topological polar surface area (TPSA) is 46.3 Å². The second-order valence-electron chi connectivity index (χ2n) is 6.06. The van der Waals surface area contributed by atoms with Gasteiger partial charge in [0, 0.05) is 19.5 Å². The number of amides is 1. The number of hydrogen-bond donors (Lipinski definition) is 1. The van der Waals surface area contributed by atoms with Crippen LogP contribution in [0.4, 0.5) is 0 Å². The van der Waals surface area contributed by atoms with E-state index in [0.717, 1.165) is 25.8 Å². The molecule has 1 aromatic carbocycles. The van der Waals surface area contributed by atoms with Gasteiger partial charge in [-0.05, 0) is 36.8 Å². The van der Waals surface area contributed by atoms with Gasteiger partial charge in [-0.25, -0.2) is 0 Å². The van der Waals surface area contributed by atoms with E-state index in [9.17, 15) is 4.79 Å². The second-order valence-corrected chi connectivity index (χ2v) is 6.06. The lowest BCUT2D eigenvalue weighted by Gasteiger charge is -2.27. The van der Waals surface area contributed by atoms with Crippen LogP contribution in [0.15, 0.2) is 30.3 Å². The molecule has 1 unspecified atom stereocenters.